The molecular formula is C26H23F5N4O3S. The SMILES string of the molecule is O=C(COc1ccc(C(F)(F)F)cn1)N1CCC(c2nc(C3=NOC(c4ccccc4C(F)F)C3)cs2)CC1. The molecule has 1 aromatic carbocycles. The van der Waals surface area contributed by atoms with Crippen LogP contribution in [0.4, 0.5) is 22.0 Å². The second kappa shape index (κ2) is 11.2. The largest absolute Gasteiger partial charge is 0.468 e. The Morgan fingerprint density at radius 2 is 1.92 bits per heavy atom. The number of nitrogens with zero attached hydrogens (tertiary/aromatic N) is 4. The van der Waals surface area contributed by atoms with E-state index in [4.69, 9.17) is 14.6 Å². The lowest BCUT2D eigenvalue weighted by Crippen LogP contribution is -2.40. The average Bonchev–Trinajstić information content (AvgIpc) is 3.62. The Hall–Kier alpha value is -3.61. The lowest BCUT2D eigenvalue weighted by molar-refractivity contribution is -0.138. The maximum Gasteiger partial charge on any atom is 0.417 e. The van der Waals surface area contributed by atoms with Gasteiger partial charge < -0.3 is 14.5 Å². The van der Waals surface area contributed by atoms with Crippen molar-refractivity contribution in [2.75, 3.05) is 19.7 Å². The lowest BCUT2D eigenvalue weighted by Gasteiger charge is -2.31. The predicted octanol–water partition coefficient (Wildman–Crippen LogP) is 6.15. The Bertz CT molecular complexity index is 1340. The summed E-state index contributed by atoms with van der Waals surface area (Å²) < 4.78 is 70.0. The molecule has 13 heteroatoms. The molecule has 3 aromatic rings. The van der Waals surface area contributed by atoms with Crippen LogP contribution in [0.25, 0.3) is 0 Å². The van der Waals surface area contributed by atoms with Crippen LogP contribution in [0.3, 0.4) is 0 Å². The van der Waals surface area contributed by atoms with Crippen molar-refractivity contribution in [1.29, 1.82) is 0 Å². The highest BCUT2D eigenvalue weighted by molar-refractivity contribution is 7.10. The molecule has 0 aliphatic carbocycles. The van der Waals surface area contributed by atoms with Gasteiger partial charge in [0.2, 0.25) is 5.88 Å². The second-order valence-corrected chi connectivity index (χ2v) is 10.1. The van der Waals surface area contributed by atoms with Gasteiger partial charge in [-0.05, 0) is 18.9 Å². The smallest absolute Gasteiger partial charge is 0.417 e. The number of benzene rings is 1. The van der Waals surface area contributed by atoms with E-state index >= 15 is 0 Å². The maximum absolute atomic E-state index is 13.4. The molecule has 0 saturated carbocycles. The fourth-order valence-electron chi connectivity index (χ4n) is 4.54. The van der Waals surface area contributed by atoms with Crippen LogP contribution in [0.15, 0.2) is 53.1 Å². The number of ether oxygens (including phenoxy) is 1. The normalized spacial score (nSPS) is 18.3. The first-order valence-electron chi connectivity index (χ1n) is 12.2. The molecule has 4 heterocycles. The van der Waals surface area contributed by atoms with Gasteiger partial charge in [-0.2, -0.15) is 13.2 Å². The summed E-state index contributed by atoms with van der Waals surface area (Å²) in [4.78, 5) is 28.0. The lowest BCUT2D eigenvalue weighted by atomic mass is 9.97. The highest BCUT2D eigenvalue weighted by Gasteiger charge is 2.32. The van der Waals surface area contributed by atoms with Crippen LogP contribution in [-0.4, -0.2) is 46.2 Å². The fraction of sp³-hybridized carbons (Fsp3) is 0.385. The first-order chi connectivity index (χ1) is 18.7. The molecule has 1 amide bonds. The second-order valence-electron chi connectivity index (χ2n) is 9.16. The maximum atomic E-state index is 13.4. The Labute approximate surface area is 224 Å². The molecular weight excluding hydrogens is 543 g/mol. The van der Waals surface area contributed by atoms with Crippen LogP contribution in [0, 0.1) is 0 Å². The van der Waals surface area contributed by atoms with Crippen LogP contribution in [0.5, 0.6) is 5.88 Å². The van der Waals surface area contributed by atoms with Crippen LogP contribution < -0.4 is 4.74 Å². The van der Waals surface area contributed by atoms with Crippen molar-refractivity contribution in [3.63, 3.8) is 0 Å². The van der Waals surface area contributed by atoms with Gasteiger partial charge in [0.05, 0.1) is 16.3 Å². The monoisotopic (exact) mass is 566 g/mol. The van der Waals surface area contributed by atoms with Gasteiger partial charge in [0.1, 0.15) is 5.71 Å². The molecule has 1 atom stereocenters. The van der Waals surface area contributed by atoms with Crippen molar-refractivity contribution in [3.05, 3.63) is 75.4 Å². The first-order valence-corrected chi connectivity index (χ1v) is 13.1. The molecule has 39 heavy (non-hydrogen) atoms. The first kappa shape index (κ1) is 27.0. The number of hydrogen-bond donors (Lipinski definition) is 0. The van der Waals surface area contributed by atoms with Gasteiger partial charge in [0, 0.05) is 54.2 Å². The Morgan fingerprint density at radius 3 is 2.62 bits per heavy atom. The summed E-state index contributed by atoms with van der Waals surface area (Å²) in [6.07, 6.45) is -5.31. The molecule has 5 rings (SSSR count). The van der Waals surface area contributed by atoms with Crippen molar-refractivity contribution in [2.45, 2.75) is 43.9 Å². The molecule has 2 aromatic heterocycles. The highest BCUT2D eigenvalue weighted by Crippen LogP contribution is 2.37. The molecule has 1 unspecified atom stereocenters. The highest BCUT2D eigenvalue weighted by atomic mass is 32.1. The number of likely N-dealkylation sites (tertiary alicyclic amines) is 1. The third kappa shape index (κ3) is 6.18. The van der Waals surface area contributed by atoms with Crippen molar-refractivity contribution in [1.82, 2.24) is 14.9 Å². The van der Waals surface area contributed by atoms with Gasteiger partial charge in [0.15, 0.2) is 12.7 Å². The van der Waals surface area contributed by atoms with Crippen LogP contribution in [0.1, 0.15) is 65.1 Å². The summed E-state index contributed by atoms with van der Waals surface area (Å²) in [5.74, 6) is -0.188. The number of oxime groups is 1. The summed E-state index contributed by atoms with van der Waals surface area (Å²) in [5.41, 5.74) is 0.714. The summed E-state index contributed by atoms with van der Waals surface area (Å²) in [6, 6.07) is 8.21. The van der Waals surface area contributed by atoms with E-state index in [0.29, 0.717) is 55.5 Å². The fourth-order valence-corrected chi connectivity index (χ4v) is 5.54. The van der Waals surface area contributed by atoms with Crippen molar-refractivity contribution in [2.24, 2.45) is 5.16 Å². The number of thiazole rings is 1. The minimum atomic E-state index is -4.49. The summed E-state index contributed by atoms with van der Waals surface area (Å²) in [5, 5.41) is 6.89. The standard InChI is InChI=1S/C26H23F5N4O3S/c27-24(28)18-4-2-1-3-17(18)21-11-19(34-38-21)20-14-39-25(33-20)15-7-9-35(10-8-15)23(36)13-37-22-6-5-16(12-32-22)26(29,30)31/h1-6,12,14-15,21,24H,7-11,13H2. The topological polar surface area (TPSA) is 76.9 Å². The Balaban J connectivity index is 1.11. The molecule has 2 aliphatic rings. The van der Waals surface area contributed by atoms with Gasteiger partial charge in [0.25, 0.3) is 12.3 Å². The van der Waals surface area contributed by atoms with E-state index in [9.17, 15) is 26.7 Å². The number of pyridine rings is 1. The van der Waals surface area contributed by atoms with Gasteiger partial charge in [-0.1, -0.05) is 29.4 Å². The van der Waals surface area contributed by atoms with Crippen LogP contribution >= 0.6 is 11.3 Å². The minimum absolute atomic E-state index is 0.0553. The van der Waals surface area contributed by atoms with Crippen molar-refractivity contribution < 1.29 is 36.3 Å². The number of carbonyl (C=O) groups is 1. The van der Waals surface area contributed by atoms with E-state index < -0.39 is 24.3 Å². The summed E-state index contributed by atoms with van der Waals surface area (Å²) in [6.45, 7) is 0.650. The number of carbonyl (C=O) groups excluding carboxylic acids is 1. The Morgan fingerprint density at radius 1 is 1.15 bits per heavy atom. The predicted molar refractivity (Wildman–Crippen MR) is 132 cm³/mol. The third-order valence-electron chi connectivity index (χ3n) is 6.67. The molecule has 2 aliphatic heterocycles. The zero-order chi connectivity index (χ0) is 27.6. The van der Waals surface area contributed by atoms with E-state index in [0.717, 1.165) is 17.1 Å². The zero-order valence-corrected chi connectivity index (χ0v) is 21.2. The number of piperidine rings is 1. The molecule has 1 saturated heterocycles. The van der Waals surface area contributed by atoms with E-state index in [-0.39, 0.29) is 29.9 Å². The van der Waals surface area contributed by atoms with E-state index in [1.54, 1.807) is 23.1 Å². The summed E-state index contributed by atoms with van der Waals surface area (Å²) >= 11 is 1.48. The van der Waals surface area contributed by atoms with Gasteiger partial charge in [-0.3, -0.25) is 4.79 Å². The number of rotatable bonds is 7. The van der Waals surface area contributed by atoms with Gasteiger partial charge in [-0.15, -0.1) is 11.3 Å². The van der Waals surface area contributed by atoms with Crippen LogP contribution in [0.2, 0.25) is 0 Å². The van der Waals surface area contributed by atoms with Crippen molar-refractivity contribution >= 4 is 23.0 Å². The zero-order valence-electron chi connectivity index (χ0n) is 20.4. The Kier molecular flexibility index (Phi) is 7.78. The number of alkyl halides is 5. The molecule has 0 N–H and O–H groups in total. The number of hydrogen-bond acceptors (Lipinski definition) is 7. The minimum Gasteiger partial charge on any atom is -0.468 e. The molecule has 0 bridgehead atoms. The van der Waals surface area contributed by atoms with Crippen LogP contribution in [-0.2, 0) is 15.8 Å². The molecule has 7 nitrogen and oxygen atoms in total. The van der Waals surface area contributed by atoms with E-state index in [1.807, 2.05) is 5.38 Å². The van der Waals surface area contributed by atoms with Gasteiger partial charge >= 0.3 is 6.18 Å². The van der Waals surface area contributed by atoms with E-state index in [2.05, 4.69) is 10.1 Å². The van der Waals surface area contributed by atoms with Gasteiger partial charge in [-0.25, -0.2) is 18.7 Å². The number of amides is 1. The van der Waals surface area contributed by atoms with Crippen molar-refractivity contribution in [3.8, 4) is 5.88 Å². The van der Waals surface area contributed by atoms with E-state index in [1.165, 1.54) is 17.4 Å². The third-order valence-corrected chi connectivity index (χ3v) is 7.68. The number of halogens is 5. The average molecular weight is 567 g/mol. The quantitative estimate of drug-likeness (QED) is 0.321. The molecule has 1 fully saturated rings. The summed E-state index contributed by atoms with van der Waals surface area (Å²) in [7, 11) is 0. The molecule has 0 spiro atoms. The number of aromatic nitrogens is 2. The molecule has 206 valence electrons. The molecule has 0 radical (unpaired) electrons.